The molecule has 0 atom stereocenters. The summed E-state index contributed by atoms with van der Waals surface area (Å²) in [5.41, 5.74) is 12.2. The smallest absolute Gasteiger partial charge is 0.391 e. The van der Waals surface area contributed by atoms with Crippen LogP contribution >= 0.6 is 0 Å². The molecule has 5 heterocycles. The van der Waals surface area contributed by atoms with Crippen molar-refractivity contribution in [2.24, 2.45) is 0 Å². The van der Waals surface area contributed by atoms with Gasteiger partial charge in [0.25, 0.3) is 5.75 Å². The summed E-state index contributed by atoms with van der Waals surface area (Å²) in [6, 6.07) is 38.2. The van der Waals surface area contributed by atoms with Gasteiger partial charge in [-0.1, -0.05) is 62.3 Å². The van der Waals surface area contributed by atoms with Gasteiger partial charge in [-0.2, -0.15) is 0 Å². The number of nitro groups is 1. The zero-order chi connectivity index (χ0) is 42.0. The second kappa shape index (κ2) is 14.5. The van der Waals surface area contributed by atoms with Gasteiger partial charge in [0.2, 0.25) is 5.69 Å². The maximum Gasteiger partial charge on any atom is 0.391 e. The Kier molecular flexibility index (Phi) is 9.65. The van der Waals surface area contributed by atoms with E-state index in [4.69, 9.17) is 4.74 Å². The molecule has 4 N–H and O–H groups in total. The maximum absolute atomic E-state index is 13.3. The fourth-order valence-corrected chi connectivity index (χ4v) is 8.12. The summed E-state index contributed by atoms with van der Waals surface area (Å²) < 4.78 is 6.21. The van der Waals surface area contributed by atoms with E-state index < -0.39 is 0 Å². The van der Waals surface area contributed by atoms with E-state index >= 15 is 0 Å². The third kappa shape index (κ3) is 7.33. The Labute approximate surface area is 348 Å². The number of H-pyrrole nitrogens is 4. The molecular formula is C51H54N5O3+3. The van der Waals surface area contributed by atoms with Gasteiger partial charge in [-0.15, -0.1) is 0 Å². The van der Waals surface area contributed by atoms with Crippen molar-refractivity contribution in [2.45, 2.75) is 85.5 Å². The largest absolute Gasteiger partial charge is 0.479 e. The Morgan fingerprint density at radius 3 is 1.24 bits per heavy atom. The first-order valence-electron chi connectivity index (χ1n) is 20.5. The second-order valence-corrected chi connectivity index (χ2v) is 18.7. The number of benzene rings is 3. The molecule has 0 radical (unpaired) electrons. The molecule has 8 nitrogen and oxygen atoms in total. The molecule has 8 rings (SSSR count). The topological polar surface area (TPSA) is 116 Å². The highest BCUT2D eigenvalue weighted by atomic mass is 16.6. The first-order chi connectivity index (χ1) is 27.9. The molecule has 1 aliphatic heterocycles. The summed E-state index contributed by atoms with van der Waals surface area (Å²) in [5, 5.41) is 13.3. The Bertz CT molecular complexity index is 2600. The SMILES string of the molecule is CCOc1c2[nH]c(c1[N+](=O)[O-])[C+](c1ccc(C(C)(C)C)cc1)c1ccc([nH]1)[C+](c1ccc(C(C)(C)C)cc1)c1ccc([nH]1)[C+](c1ccc(C(C)(C)C)cc1)c1ccc-2[nH]1. The van der Waals surface area contributed by atoms with Gasteiger partial charge in [-0.3, -0.25) is 10.1 Å². The fourth-order valence-electron chi connectivity index (χ4n) is 8.12. The predicted octanol–water partition coefficient (Wildman–Crippen LogP) is 12.2. The van der Waals surface area contributed by atoms with E-state index in [-0.39, 0.29) is 39.2 Å². The van der Waals surface area contributed by atoms with Crippen LogP contribution in [0.1, 0.15) is 137 Å². The molecule has 4 aromatic heterocycles. The van der Waals surface area contributed by atoms with Gasteiger partial charge >= 0.3 is 5.69 Å². The number of aromatic amines is 4. The number of ether oxygens (including phenoxy) is 1. The third-order valence-corrected chi connectivity index (χ3v) is 11.4. The molecule has 0 spiro atoms. The predicted molar refractivity (Wildman–Crippen MR) is 237 cm³/mol. The summed E-state index contributed by atoms with van der Waals surface area (Å²) in [4.78, 5) is 27.8. The average Bonchev–Trinajstić information content (AvgIpc) is 4.00. The Morgan fingerprint density at radius 2 is 0.864 bits per heavy atom. The molecule has 1 aliphatic rings. The minimum absolute atomic E-state index is 0.00825. The molecular weight excluding hydrogens is 731 g/mol. The average molecular weight is 785 g/mol. The molecule has 8 heteroatoms. The van der Waals surface area contributed by atoms with E-state index in [1.807, 2.05) is 25.1 Å². The van der Waals surface area contributed by atoms with Crippen LogP contribution in [0.2, 0.25) is 0 Å². The van der Waals surface area contributed by atoms with Gasteiger partial charge in [0.05, 0.1) is 53.3 Å². The van der Waals surface area contributed by atoms with E-state index in [0.717, 1.165) is 57.0 Å². The summed E-state index contributed by atoms with van der Waals surface area (Å²) in [7, 11) is 0. The van der Waals surface area contributed by atoms with Crippen LogP contribution in [0.15, 0.2) is 109 Å². The lowest BCUT2D eigenvalue weighted by Gasteiger charge is -2.19. The lowest BCUT2D eigenvalue weighted by atomic mass is 9.84. The van der Waals surface area contributed by atoms with Crippen LogP contribution in [-0.4, -0.2) is 31.5 Å². The molecule has 7 aromatic rings. The van der Waals surface area contributed by atoms with Gasteiger partial charge in [0, 0.05) is 42.5 Å². The zero-order valence-corrected chi connectivity index (χ0v) is 35.8. The van der Waals surface area contributed by atoms with Gasteiger partial charge in [-0.05, 0) is 82.3 Å². The fraction of sp³-hybridized carbons (Fsp3) is 0.275. The zero-order valence-electron chi connectivity index (χ0n) is 35.8. The van der Waals surface area contributed by atoms with E-state index in [1.165, 1.54) is 16.7 Å². The highest BCUT2D eigenvalue weighted by Gasteiger charge is 2.43. The van der Waals surface area contributed by atoms with Crippen LogP contribution in [0.3, 0.4) is 0 Å². The highest BCUT2D eigenvalue weighted by molar-refractivity contribution is 5.78. The molecule has 0 saturated carbocycles. The first kappa shape index (κ1) is 39.4. The standard InChI is InChI=1S/C51H54N5O3/c1-11-59-48-45-41-29-28-39(54-41)43(31-14-20-34(21-15-31)50(5,6)7)37-25-24-36(52-37)42(30-12-18-33(19-13-30)49(2,3)4)38-26-27-40(53-38)44(46(55-45)47(48)56(57)58)32-16-22-35(23-17-32)51(8,9)10/h12-29,52-55H,11H2,1-10H3/q+3. The summed E-state index contributed by atoms with van der Waals surface area (Å²) in [6.07, 6.45) is 0. The van der Waals surface area contributed by atoms with Crippen molar-refractivity contribution < 1.29 is 9.66 Å². The third-order valence-electron chi connectivity index (χ3n) is 11.4. The summed E-state index contributed by atoms with van der Waals surface area (Å²) in [6.45, 7) is 21.9. The second-order valence-electron chi connectivity index (χ2n) is 18.7. The molecule has 0 aliphatic carbocycles. The van der Waals surface area contributed by atoms with Gasteiger partial charge < -0.3 is 24.7 Å². The van der Waals surface area contributed by atoms with Gasteiger partial charge in [0.15, 0.2) is 0 Å². The molecule has 59 heavy (non-hydrogen) atoms. The minimum atomic E-state index is -0.330. The van der Waals surface area contributed by atoms with Crippen LogP contribution in [0.25, 0.3) is 11.4 Å². The van der Waals surface area contributed by atoms with Crippen molar-refractivity contribution in [3.8, 4) is 17.1 Å². The van der Waals surface area contributed by atoms with Crippen molar-refractivity contribution in [1.82, 2.24) is 19.9 Å². The molecule has 298 valence electrons. The van der Waals surface area contributed by atoms with Crippen LogP contribution in [0.5, 0.6) is 5.75 Å². The van der Waals surface area contributed by atoms with Crippen molar-refractivity contribution >= 4 is 5.69 Å². The van der Waals surface area contributed by atoms with E-state index in [0.29, 0.717) is 23.0 Å². The van der Waals surface area contributed by atoms with Crippen molar-refractivity contribution in [3.63, 3.8) is 0 Å². The number of rotatable bonds is 6. The maximum atomic E-state index is 13.3. The Balaban J connectivity index is 1.41. The highest BCUT2D eigenvalue weighted by Crippen LogP contribution is 2.48. The molecule has 0 saturated heterocycles. The minimum Gasteiger partial charge on any atom is -0.479 e. The summed E-state index contributed by atoms with van der Waals surface area (Å²) >= 11 is 0. The van der Waals surface area contributed by atoms with Gasteiger partial charge in [-0.25, -0.2) is 0 Å². The molecule has 0 amide bonds. The van der Waals surface area contributed by atoms with E-state index in [1.54, 1.807) is 0 Å². The quantitative estimate of drug-likeness (QED) is 0.0764. The molecule has 3 aromatic carbocycles. The summed E-state index contributed by atoms with van der Waals surface area (Å²) in [5.74, 6) is 2.80. The number of hydrogen-bond acceptors (Lipinski definition) is 3. The number of nitrogens with zero attached hydrogens (tertiary/aromatic N) is 1. The first-order valence-corrected chi connectivity index (χ1v) is 20.5. The molecule has 0 unspecified atom stereocenters. The van der Waals surface area contributed by atoms with Crippen LogP contribution in [0.4, 0.5) is 5.69 Å². The number of nitrogens with one attached hydrogen (secondary N) is 4. The van der Waals surface area contributed by atoms with E-state index in [9.17, 15) is 10.1 Å². The Hall–Kier alpha value is -6.41. The van der Waals surface area contributed by atoms with Crippen molar-refractivity contribution in [3.05, 3.63) is 205 Å². The van der Waals surface area contributed by atoms with Crippen LogP contribution in [-0.2, 0) is 16.2 Å². The van der Waals surface area contributed by atoms with Crippen LogP contribution in [0, 0.1) is 27.9 Å². The normalized spacial score (nSPS) is 13.4. The Morgan fingerprint density at radius 1 is 0.508 bits per heavy atom. The number of aromatic nitrogens is 4. The monoisotopic (exact) mass is 784 g/mol. The van der Waals surface area contributed by atoms with Crippen molar-refractivity contribution in [2.75, 3.05) is 6.61 Å². The number of hydrogen-bond donors (Lipinski definition) is 4. The van der Waals surface area contributed by atoms with Crippen LogP contribution < -0.4 is 4.74 Å². The van der Waals surface area contributed by atoms with E-state index in [2.05, 4.69) is 173 Å². The van der Waals surface area contributed by atoms with Crippen molar-refractivity contribution in [1.29, 1.82) is 0 Å². The molecule has 0 fully saturated rings. The molecule has 8 bridgehead atoms. The number of fused-ring (bicyclic) bond motifs is 9. The lowest BCUT2D eigenvalue weighted by Crippen LogP contribution is -2.13. The van der Waals surface area contributed by atoms with Gasteiger partial charge in [0.1, 0.15) is 56.8 Å². The lowest BCUT2D eigenvalue weighted by molar-refractivity contribution is -0.386.